The van der Waals surface area contributed by atoms with E-state index in [0.29, 0.717) is 12.8 Å². The van der Waals surface area contributed by atoms with Crippen molar-refractivity contribution in [1.82, 2.24) is 5.32 Å². The molecule has 0 unspecified atom stereocenters. The molecule has 0 saturated heterocycles. The predicted octanol–water partition coefficient (Wildman–Crippen LogP) is 2.46. The van der Waals surface area contributed by atoms with Crippen molar-refractivity contribution in [3.05, 3.63) is 29.6 Å². The molecule has 1 aromatic rings. The molecule has 0 aliphatic rings. The Morgan fingerprint density at radius 2 is 1.95 bits per heavy atom. The minimum Gasteiger partial charge on any atom is -0.496 e. The molecule has 2 N–H and O–H groups in total. The normalized spacial score (nSPS) is 11.0. The number of carboxylic acid groups (broad SMARTS) is 1. The lowest BCUT2D eigenvalue weighted by Crippen LogP contribution is -2.42. The van der Waals surface area contributed by atoms with Gasteiger partial charge in [0.05, 0.1) is 18.1 Å². The summed E-state index contributed by atoms with van der Waals surface area (Å²) in [5, 5.41) is 11.9. The van der Waals surface area contributed by atoms with Crippen LogP contribution in [-0.2, 0) is 4.79 Å². The van der Waals surface area contributed by atoms with Crippen molar-refractivity contribution in [3.8, 4) is 5.75 Å². The molecule has 6 heteroatoms. The summed E-state index contributed by atoms with van der Waals surface area (Å²) in [6, 6.07) is 3.61. The highest BCUT2D eigenvalue weighted by Gasteiger charge is 2.35. The van der Waals surface area contributed by atoms with Crippen molar-refractivity contribution in [3.63, 3.8) is 0 Å². The number of benzene rings is 1. The zero-order valence-corrected chi connectivity index (χ0v) is 12.4. The summed E-state index contributed by atoms with van der Waals surface area (Å²) < 4.78 is 18.3. The maximum Gasteiger partial charge on any atom is 0.311 e. The van der Waals surface area contributed by atoms with E-state index in [0.717, 1.165) is 6.07 Å². The Morgan fingerprint density at radius 1 is 1.33 bits per heavy atom. The SMILES string of the molecule is CCC(CC)(CNC(=O)c1cc(F)ccc1OC)C(=O)O. The number of nitrogens with one attached hydrogen (secondary N) is 1. The summed E-state index contributed by atoms with van der Waals surface area (Å²) in [4.78, 5) is 23.5. The van der Waals surface area contributed by atoms with E-state index in [1.807, 2.05) is 0 Å². The van der Waals surface area contributed by atoms with Gasteiger partial charge in [-0.3, -0.25) is 9.59 Å². The van der Waals surface area contributed by atoms with Crippen LogP contribution in [0.2, 0.25) is 0 Å². The van der Waals surface area contributed by atoms with E-state index in [2.05, 4.69) is 5.32 Å². The van der Waals surface area contributed by atoms with Gasteiger partial charge >= 0.3 is 5.97 Å². The molecule has 0 aliphatic heterocycles. The average molecular weight is 297 g/mol. The highest BCUT2D eigenvalue weighted by molar-refractivity contribution is 5.97. The van der Waals surface area contributed by atoms with Gasteiger partial charge in [0, 0.05) is 6.54 Å². The first-order valence-corrected chi connectivity index (χ1v) is 6.75. The second kappa shape index (κ2) is 7.06. The first-order valence-electron chi connectivity index (χ1n) is 6.75. The highest BCUT2D eigenvalue weighted by Crippen LogP contribution is 2.26. The van der Waals surface area contributed by atoms with E-state index in [1.165, 1.54) is 19.2 Å². The maximum atomic E-state index is 13.2. The van der Waals surface area contributed by atoms with Crippen LogP contribution >= 0.6 is 0 Å². The van der Waals surface area contributed by atoms with Crippen LogP contribution in [0.1, 0.15) is 37.0 Å². The number of hydrogen-bond donors (Lipinski definition) is 2. The van der Waals surface area contributed by atoms with Gasteiger partial charge in [-0.05, 0) is 31.0 Å². The number of amides is 1. The van der Waals surface area contributed by atoms with Gasteiger partial charge in [0.15, 0.2) is 0 Å². The summed E-state index contributed by atoms with van der Waals surface area (Å²) in [5.74, 6) is -1.84. The summed E-state index contributed by atoms with van der Waals surface area (Å²) in [5.41, 5.74) is -0.972. The summed E-state index contributed by atoms with van der Waals surface area (Å²) in [6.07, 6.45) is 0.777. The van der Waals surface area contributed by atoms with Gasteiger partial charge in [-0.25, -0.2) is 4.39 Å². The molecule has 0 atom stereocenters. The predicted molar refractivity (Wildman–Crippen MR) is 75.9 cm³/mol. The third-order valence-electron chi connectivity index (χ3n) is 3.80. The number of carbonyl (C=O) groups is 2. The van der Waals surface area contributed by atoms with Crippen LogP contribution in [0.3, 0.4) is 0 Å². The van der Waals surface area contributed by atoms with E-state index in [-0.39, 0.29) is 17.9 Å². The molecule has 1 aromatic carbocycles. The number of halogens is 1. The number of ether oxygens (including phenoxy) is 1. The van der Waals surface area contributed by atoms with Crippen LogP contribution in [0.15, 0.2) is 18.2 Å². The van der Waals surface area contributed by atoms with Crippen LogP contribution in [0.25, 0.3) is 0 Å². The average Bonchev–Trinajstić information content (AvgIpc) is 2.48. The van der Waals surface area contributed by atoms with Crippen molar-refractivity contribution in [2.45, 2.75) is 26.7 Å². The molecule has 0 aromatic heterocycles. The van der Waals surface area contributed by atoms with Gasteiger partial charge < -0.3 is 15.2 Å². The van der Waals surface area contributed by atoms with Gasteiger partial charge in [-0.1, -0.05) is 13.8 Å². The van der Waals surface area contributed by atoms with Gasteiger partial charge in [0.2, 0.25) is 0 Å². The maximum absolute atomic E-state index is 13.2. The second-order valence-electron chi connectivity index (χ2n) is 4.82. The molecular formula is C15H20FNO4. The van der Waals surface area contributed by atoms with Crippen molar-refractivity contribution in [2.24, 2.45) is 5.41 Å². The highest BCUT2D eigenvalue weighted by atomic mass is 19.1. The lowest BCUT2D eigenvalue weighted by atomic mass is 9.82. The Kier molecular flexibility index (Phi) is 5.69. The quantitative estimate of drug-likeness (QED) is 0.810. The zero-order chi connectivity index (χ0) is 16.0. The number of rotatable bonds is 7. The Balaban J connectivity index is 2.91. The topological polar surface area (TPSA) is 75.6 Å². The monoisotopic (exact) mass is 297 g/mol. The third kappa shape index (κ3) is 3.71. The zero-order valence-electron chi connectivity index (χ0n) is 12.4. The standard InChI is InChI=1S/C15H20FNO4/c1-4-15(5-2,14(19)20)9-17-13(18)11-8-10(16)6-7-12(11)21-3/h6-8H,4-5,9H2,1-3H3,(H,17,18)(H,19,20). The van der Waals surface area contributed by atoms with E-state index in [9.17, 15) is 19.1 Å². The van der Waals surface area contributed by atoms with Crippen molar-refractivity contribution < 1.29 is 23.8 Å². The largest absolute Gasteiger partial charge is 0.496 e. The smallest absolute Gasteiger partial charge is 0.311 e. The minimum absolute atomic E-state index is 0.0200. The molecule has 116 valence electrons. The fourth-order valence-electron chi connectivity index (χ4n) is 2.08. The molecule has 0 heterocycles. The van der Waals surface area contributed by atoms with Crippen LogP contribution < -0.4 is 10.1 Å². The van der Waals surface area contributed by atoms with Crippen molar-refractivity contribution in [2.75, 3.05) is 13.7 Å². The van der Waals surface area contributed by atoms with Gasteiger partial charge in [-0.15, -0.1) is 0 Å². The molecule has 0 spiro atoms. The molecule has 5 nitrogen and oxygen atoms in total. The van der Waals surface area contributed by atoms with Crippen molar-refractivity contribution >= 4 is 11.9 Å². The molecule has 0 saturated carbocycles. The fraction of sp³-hybridized carbons (Fsp3) is 0.467. The Morgan fingerprint density at radius 3 is 2.43 bits per heavy atom. The lowest BCUT2D eigenvalue weighted by molar-refractivity contribution is -0.149. The molecule has 0 fully saturated rings. The lowest BCUT2D eigenvalue weighted by Gasteiger charge is -2.27. The molecule has 0 aliphatic carbocycles. The summed E-state index contributed by atoms with van der Waals surface area (Å²) in [7, 11) is 1.38. The second-order valence-corrected chi connectivity index (χ2v) is 4.82. The van der Waals surface area contributed by atoms with Crippen molar-refractivity contribution in [1.29, 1.82) is 0 Å². The van der Waals surface area contributed by atoms with Crippen LogP contribution in [0.5, 0.6) is 5.75 Å². The number of carboxylic acids is 1. The van der Waals surface area contributed by atoms with E-state index >= 15 is 0 Å². The summed E-state index contributed by atoms with van der Waals surface area (Å²) >= 11 is 0. The first kappa shape index (κ1) is 16.9. The van der Waals surface area contributed by atoms with Gasteiger partial charge in [0.25, 0.3) is 5.91 Å². The minimum atomic E-state index is -1.02. The number of methoxy groups -OCH3 is 1. The Labute approximate surface area is 123 Å². The van der Waals surface area contributed by atoms with Gasteiger partial charge in [-0.2, -0.15) is 0 Å². The first-order chi connectivity index (χ1) is 9.90. The molecular weight excluding hydrogens is 277 g/mol. The molecule has 0 radical (unpaired) electrons. The number of hydrogen-bond acceptors (Lipinski definition) is 3. The molecule has 1 rings (SSSR count). The molecule has 21 heavy (non-hydrogen) atoms. The summed E-state index contributed by atoms with van der Waals surface area (Å²) in [6.45, 7) is 3.49. The third-order valence-corrected chi connectivity index (χ3v) is 3.80. The Hall–Kier alpha value is -2.11. The van der Waals surface area contributed by atoms with Gasteiger partial charge in [0.1, 0.15) is 11.6 Å². The van der Waals surface area contributed by atoms with E-state index < -0.39 is 23.1 Å². The molecule has 0 bridgehead atoms. The Bertz CT molecular complexity index is 526. The van der Waals surface area contributed by atoms with E-state index in [4.69, 9.17) is 4.74 Å². The van der Waals surface area contributed by atoms with Crippen LogP contribution in [0, 0.1) is 11.2 Å². The fourth-order valence-corrected chi connectivity index (χ4v) is 2.08. The number of carbonyl (C=O) groups excluding carboxylic acids is 1. The van der Waals surface area contributed by atoms with Crippen LogP contribution in [0.4, 0.5) is 4.39 Å². The van der Waals surface area contributed by atoms with Crippen LogP contribution in [-0.4, -0.2) is 30.6 Å². The van der Waals surface area contributed by atoms with E-state index in [1.54, 1.807) is 13.8 Å². The number of aliphatic carboxylic acids is 1. The molecule has 1 amide bonds.